The van der Waals surface area contributed by atoms with Crippen molar-refractivity contribution in [1.29, 1.82) is 0 Å². The van der Waals surface area contributed by atoms with Gasteiger partial charge in [0, 0.05) is 51.7 Å². The number of aromatic amines is 1. The van der Waals surface area contributed by atoms with Gasteiger partial charge in [0.2, 0.25) is 6.10 Å². The molecule has 0 saturated heterocycles. The molecule has 8 nitrogen and oxygen atoms in total. The zero-order valence-electron chi connectivity index (χ0n) is 20.4. The van der Waals surface area contributed by atoms with Gasteiger partial charge in [0.15, 0.2) is 5.75 Å². The number of aromatic nitrogens is 1. The number of oxime groups is 1. The Morgan fingerprint density at radius 2 is 2.08 bits per heavy atom. The summed E-state index contributed by atoms with van der Waals surface area (Å²) in [5.41, 5.74) is 7.27. The van der Waals surface area contributed by atoms with Gasteiger partial charge in [0.25, 0.3) is 0 Å². The van der Waals surface area contributed by atoms with Crippen molar-refractivity contribution in [3.8, 4) is 35.1 Å². The number of benzene rings is 2. The summed E-state index contributed by atoms with van der Waals surface area (Å²) in [6, 6.07) is 11.9. The first-order chi connectivity index (χ1) is 17.6. The van der Waals surface area contributed by atoms with E-state index in [-0.39, 0.29) is 12.4 Å². The molecule has 2 aromatic heterocycles. The Morgan fingerprint density at radius 3 is 2.86 bits per heavy atom. The predicted molar refractivity (Wildman–Crippen MR) is 142 cm³/mol. The maximum Gasteiger partial charge on any atom is 0.215 e. The number of ether oxygens (including phenoxy) is 1. The standard InChI is InChI=1S/C28H25N3O5.ClH/c1-4-24(18-7-10-32-16-18)35-30-28-21-15-25-17(8-11-34-36-25)13-20(21)27-26(28)22-14-19(5-6-23(22)29-27)33-12-9-31(2)3;/h1,5-7,10,13-16,24,29H,8-9,11-12H2,2-3H3;1H/b30-28-;. The fourth-order valence-electron chi connectivity index (χ4n) is 4.56. The van der Waals surface area contributed by atoms with E-state index in [1.54, 1.807) is 18.6 Å². The van der Waals surface area contributed by atoms with E-state index in [1.165, 1.54) is 0 Å². The van der Waals surface area contributed by atoms with Crippen LogP contribution in [0.3, 0.4) is 0 Å². The van der Waals surface area contributed by atoms with Gasteiger partial charge in [-0.2, -0.15) is 4.89 Å². The third-order valence-corrected chi connectivity index (χ3v) is 6.39. The summed E-state index contributed by atoms with van der Waals surface area (Å²) in [5.74, 6) is 4.10. The van der Waals surface area contributed by atoms with E-state index in [1.807, 2.05) is 38.4 Å². The number of hydrogen-bond acceptors (Lipinski definition) is 7. The van der Waals surface area contributed by atoms with Crippen LogP contribution in [-0.4, -0.2) is 49.4 Å². The fraction of sp³-hybridized carbons (Fsp3) is 0.250. The van der Waals surface area contributed by atoms with Gasteiger partial charge in [-0.3, -0.25) is 0 Å². The highest BCUT2D eigenvalue weighted by atomic mass is 35.5. The second-order valence-electron chi connectivity index (χ2n) is 9.04. The van der Waals surface area contributed by atoms with Crippen molar-refractivity contribution in [2.75, 3.05) is 33.9 Å². The lowest BCUT2D eigenvalue weighted by Crippen LogP contribution is -2.19. The molecule has 1 atom stereocenters. The van der Waals surface area contributed by atoms with Gasteiger partial charge in [-0.25, -0.2) is 0 Å². The van der Waals surface area contributed by atoms with Crippen LogP contribution in [0.5, 0.6) is 11.5 Å². The van der Waals surface area contributed by atoms with Crippen molar-refractivity contribution >= 4 is 29.0 Å². The lowest BCUT2D eigenvalue weighted by Gasteiger charge is -2.17. The maximum absolute atomic E-state index is 6.01. The van der Waals surface area contributed by atoms with Crippen LogP contribution in [0.15, 0.2) is 58.5 Å². The van der Waals surface area contributed by atoms with Gasteiger partial charge in [-0.15, -0.1) is 18.8 Å². The highest BCUT2D eigenvalue weighted by Gasteiger charge is 2.33. The van der Waals surface area contributed by atoms with Crippen LogP contribution in [0.2, 0.25) is 0 Å². The first kappa shape index (κ1) is 24.8. The number of terminal acetylenes is 1. The normalized spacial score (nSPS) is 15.4. The van der Waals surface area contributed by atoms with Crippen molar-refractivity contribution in [3.05, 3.63) is 71.2 Å². The van der Waals surface area contributed by atoms with E-state index >= 15 is 0 Å². The molecule has 190 valence electrons. The SMILES string of the molecule is C#CC(O/N=C1/c2cc3c(cc2-c2[nH]c4ccc(OCCN(C)C)cc4c21)CCOO3)c1ccoc1.Cl. The second kappa shape index (κ2) is 10.2. The molecular formula is C28H26ClN3O5. The van der Waals surface area contributed by atoms with Crippen LogP contribution in [0.4, 0.5) is 0 Å². The molecule has 0 bridgehead atoms. The van der Waals surface area contributed by atoms with E-state index in [4.69, 9.17) is 30.2 Å². The van der Waals surface area contributed by atoms with E-state index in [9.17, 15) is 0 Å². The van der Waals surface area contributed by atoms with Gasteiger partial charge in [-0.1, -0.05) is 11.1 Å². The van der Waals surface area contributed by atoms with E-state index < -0.39 is 6.10 Å². The van der Waals surface area contributed by atoms with E-state index in [2.05, 4.69) is 27.0 Å². The molecule has 1 N–H and O–H groups in total. The third-order valence-electron chi connectivity index (χ3n) is 6.39. The highest BCUT2D eigenvalue weighted by molar-refractivity contribution is 6.30. The molecule has 1 aliphatic carbocycles. The lowest BCUT2D eigenvalue weighted by atomic mass is 10.0. The highest BCUT2D eigenvalue weighted by Crippen LogP contribution is 2.45. The Balaban J connectivity index is 0.00000280. The number of fused-ring (bicyclic) bond motifs is 6. The van der Waals surface area contributed by atoms with Crippen molar-refractivity contribution < 1.29 is 23.8 Å². The summed E-state index contributed by atoms with van der Waals surface area (Å²) in [6.07, 6.45) is 8.94. The Bertz CT molecular complexity index is 1500. The van der Waals surface area contributed by atoms with Crippen LogP contribution in [0.1, 0.15) is 28.4 Å². The summed E-state index contributed by atoms with van der Waals surface area (Å²) >= 11 is 0. The molecule has 0 radical (unpaired) electrons. The third kappa shape index (κ3) is 4.53. The molecule has 1 unspecified atom stereocenters. The zero-order valence-corrected chi connectivity index (χ0v) is 21.3. The number of H-pyrrole nitrogens is 1. The minimum atomic E-state index is -0.684. The summed E-state index contributed by atoms with van der Waals surface area (Å²) in [5, 5.41) is 5.58. The van der Waals surface area contributed by atoms with Crippen molar-refractivity contribution in [2.24, 2.45) is 5.16 Å². The Morgan fingerprint density at radius 1 is 1.19 bits per heavy atom. The van der Waals surface area contributed by atoms with Crippen LogP contribution in [-0.2, 0) is 16.1 Å². The predicted octanol–water partition coefficient (Wildman–Crippen LogP) is 5.11. The molecule has 0 saturated carbocycles. The summed E-state index contributed by atoms with van der Waals surface area (Å²) < 4.78 is 11.2. The molecule has 6 rings (SSSR count). The molecule has 9 heteroatoms. The smallest absolute Gasteiger partial charge is 0.215 e. The minimum Gasteiger partial charge on any atom is -0.492 e. The van der Waals surface area contributed by atoms with Gasteiger partial charge < -0.3 is 28.8 Å². The number of furan rings is 1. The van der Waals surface area contributed by atoms with Crippen molar-refractivity contribution in [1.82, 2.24) is 9.88 Å². The van der Waals surface area contributed by atoms with Gasteiger partial charge in [-0.05, 0) is 50.5 Å². The van der Waals surface area contributed by atoms with Crippen LogP contribution in [0, 0.1) is 12.3 Å². The van der Waals surface area contributed by atoms with Gasteiger partial charge >= 0.3 is 0 Å². The number of hydrogen-bond donors (Lipinski definition) is 1. The van der Waals surface area contributed by atoms with Crippen LogP contribution in [0.25, 0.3) is 22.2 Å². The molecular weight excluding hydrogens is 494 g/mol. The zero-order chi connectivity index (χ0) is 24.6. The Labute approximate surface area is 220 Å². The van der Waals surface area contributed by atoms with Crippen LogP contribution < -0.4 is 9.62 Å². The monoisotopic (exact) mass is 519 g/mol. The first-order valence-electron chi connectivity index (χ1n) is 11.7. The summed E-state index contributed by atoms with van der Waals surface area (Å²) in [4.78, 5) is 22.2. The Hall–Kier alpha value is -3.90. The first-order valence-corrected chi connectivity index (χ1v) is 11.7. The summed E-state index contributed by atoms with van der Waals surface area (Å²) in [7, 11) is 4.04. The summed E-state index contributed by atoms with van der Waals surface area (Å²) in [6.45, 7) is 1.93. The minimum absolute atomic E-state index is 0. The van der Waals surface area contributed by atoms with Crippen molar-refractivity contribution in [3.63, 3.8) is 0 Å². The number of nitrogens with one attached hydrogen (secondary N) is 1. The number of halogens is 1. The topological polar surface area (TPSA) is 81.5 Å². The second-order valence-corrected chi connectivity index (χ2v) is 9.04. The molecule has 2 aliphatic rings. The maximum atomic E-state index is 6.01. The number of likely N-dealkylation sites (N-methyl/N-ethyl adjacent to an activating group) is 1. The molecule has 2 aromatic carbocycles. The average molecular weight is 520 g/mol. The molecule has 0 amide bonds. The largest absolute Gasteiger partial charge is 0.492 e. The lowest BCUT2D eigenvalue weighted by molar-refractivity contribution is -0.215. The van der Waals surface area contributed by atoms with Gasteiger partial charge in [0.1, 0.15) is 18.1 Å². The van der Waals surface area contributed by atoms with E-state index in [0.717, 1.165) is 63.1 Å². The van der Waals surface area contributed by atoms with Gasteiger partial charge in [0.05, 0.1) is 24.8 Å². The molecule has 1 aliphatic heterocycles. The molecule has 0 spiro atoms. The number of rotatable bonds is 7. The molecule has 0 fully saturated rings. The fourth-order valence-corrected chi connectivity index (χ4v) is 4.56. The molecule has 37 heavy (non-hydrogen) atoms. The average Bonchev–Trinajstić information content (AvgIpc) is 3.60. The quantitative estimate of drug-likeness (QED) is 0.183. The molecule has 4 aromatic rings. The van der Waals surface area contributed by atoms with Crippen molar-refractivity contribution in [2.45, 2.75) is 12.5 Å². The van der Waals surface area contributed by atoms with E-state index in [0.29, 0.717) is 24.7 Å². The Kier molecular flexibility index (Phi) is 6.85. The number of nitrogens with zero attached hydrogens (tertiary/aromatic N) is 2. The molecule has 3 heterocycles. The van der Waals surface area contributed by atoms with Crippen LogP contribution >= 0.6 is 12.4 Å².